The summed E-state index contributed by atoms with van der Waals surface area (Å²) in [4.78, 5) is 13.1. The van der Waals surface area contributed by atoms with Gasteiger partial charge in [0.1, 0.15) is 0 Å². The van der Waals surface area contributed by atoms with Crippen molar-refractivity contribution in [1.82, 2.24) is 4.90 Å². The summed E-state index contributed by atoms with van der Waals surface area (Å²) in [6.45, 7) is 0.683. The highest BCUT2D eigenvalue weighted by molar-refractivity contribution is 5.66. The minimum Gasteiger partial charge on any atom is -0.493 e. The van der Waals surface area contributed by atoms with Crippen LogP contribution in [0.4, 0.5) is 4.79 Å². The summed E-state index contributed by atoms with van der Waals surface area (Å²) >= 11 is 0. The molecule has 1 saturated carbocycles. The van der Waals surface area contributed by atoms with Gasteiger partial charge in [-0.25, -0.2) is 4.79 Å². The molecule has 5 nitrogen and oxygen atoms in total. The van der Waals surface area contributed by atoms with E-state index in [9.17, 15) is 4.79 Å². The largest absolute Gasteiger partial charge is 0.493 e. The van der Waals surface area contributed by atoms with Crippen molar-refractivity contribution < 1.29 is 19.0 Å². The Morgan fingerprint density at radius 2 is 1.91 bits per heavy atom. The maximum absolute atomic E-state index is 11.5. The van der Waals surface area contributed by atoms with Crippen LogP contribution in [0.2, 0.25) is 0 Å². The molecule has 1 fully saturated rings. The van der Waals surface area contributed by atoms with Gasteiger partial charge in [0.15, 0.2) is 11.5 Å². The topological polar surface area (TPSA) is 48.0 Å². The minimum absolute atomic E-state index is 0.290. The Kier molecular flexibility index (Phi) is 5.52. The second kappa shape index (κ2) is 7.38. The molecule has 0 radical (unpaired) electrons. The minimum atomic E-state index is -0.290. The quantitative estimate of drug-likeness (QED) is 0.775. The lowest BCUT2D eigenvalue weighted by Crippen LogP contribution is -2.28. The fraction of sp³-hybridized carbons (Fsp3) is 0.588. The Morgan fingerprint density at radius 3 is 2.45 bits per heavy atom. The van der Waals surface area contributed by atoms with Gasteiger partial charge in [-0.05, 0) is 48.8 Å². The van der Waals surface area contributed by atoms with Crippen molar-refractivity contribution in [2.45, 2.75) is 25.2 Å². The van der Waals surface area contributed by atoms with Gasteiger partial charge >= 0.3 is 6.09 Å². The average Bonchev–Trinajstić information content (AvgIpc) is 3.38. The van der Waals surface area contributed by atoms with E-state index in [-0.39, 0.29) is 6.09 Å². The molecule has 1 unspecified atom stereocenters. The van der Waals surface area contributed by atoms with Gasteiger partial charge in [0.2, 0.25) is 0 Å². The first-order chi connectivity index (χ1) is 10.6. The molecule has 0 aromatic heterocycles. The fourth-order valence-corrected chi connectivity index (χ4v) is 2.84. The first-order valence-corrected chi connectivity index (χ1v) is 7.61. The Bertz CT molecular complexity index is 513. The molecule has 0 heterocycles. The summed E-state index contributed by atoms with van der Waals surface area (Å²) in [6, 6.07) is 6.11. The second-order valence-electron chi connectivity index (χ2n) is 5.74. The van der Waals surface area contributed by atoms with E-state index in [1.165, 1.54) is 25.5 Å². The maximum atomic E-state index is 11.5. The predicted octanol–water partition coefficient (Wildman–Crippen LogP) is 3.29. The number of carbonyl (C=O) groups excluding carboxylic acids is 1. The second-order valence-corrected chi connectivity index (χ2v) is 5.74. The molecule has 0 spiro atoms. The lowest BCUT2D eigenvalue weighted by atomic mass is 9.90. The number of rotatable bonds is 7. The molecule has 1 aliphatic carbocycles. The van der Waals surface area contributed by atoms with E-state index < -0.39 is 0 Å². The predicted molar refractivity (Wildman–Crippen MR) is 84.7 cm³/mol. The van der Waals surface area contributed by atoms with Gasteiger partial charge in [-0.15, -0.1) is 0 Å². The SMILES string of the molecule is COC(=O)N(C)CCC(c1ccc(OC)c(OC)c1)C1CC1. The van der Waals surface area contributed by atoms with Crippen molar-refractivity contribution in [3.63, 3.8) is 0 Å². The van der Waals surface area contributed by atoms with Crippen molar-refractivity contribution in [3.8, 4) is 11.5 Å². The summed E-state index contributed by atoms with van der Waals surface area (Å²) < 4.78 is 15.4. The van der Waals surface area contributed by atoms with Crippen LogP contribution in [0, 0.1) is 5.92 Å². The van der Waals surface area contributed by atoms with Gasteiger partial charge in [0.25, 0.3) is 0 Å². The number of methoxy groups -OCH3 is 3. The summed E-state index contributed by atoms with van der Waals surface area (Å²) in [5.41, 5.74) is 1.25. The number of amides is 1. The van der Waals surface area contributed by atoms with E-state index in [1.807, 2.05) is 6.07 Å². The van der Waals surface area contributed by atoms with Crippen LogP contribution in [-0.2, 0) is 4.74 Å². The van der Waals surface area contributed by atoms with Crippen molar-refractivity contribution in [2.24, 2.45) is 5.92 Å². The number of nitrogens with zero attached hydrogens (tertiary/aromatic N) is 1. The molecular formula is C17H25NO4. The first kappa shape index (κ1) is 16.5. The number of ether oxygens (including phenoxy) is 3. The summed E-state index contributed by atoms with van der Waals surface area (Å²) in [6.07, 6.45) is 3.13. The Hall–Kier alpha value is -1.91. The van der Waals surface area contributed by atoms with Gasteiger partial charge < -0.3 is 19.1 Å². The molecule has 1 atom stereocenters. The van der Waals surface area contributed by atoms with Gasteiger partial charge in [-0.3, -0.25) is 0 Å². The smallest absolute Gasteiger partial charge is 0.409 e. The van der Waals surface area contributed by atoms with Gasteiger partial charge in [-0.1, -0.05) is 6.07 Å². The van der Waals surface area contributed by atoms with Crippen molar-refractivity contribution in [3.05, 3.63) is 23.8 Å². The highest BCUT2D eigenvalue weighted by Crippen LogP contribution is 2.46. The molecule has 0 bridgehead atoms. The molecule has 0 N–H and O–H groups in total. The third-order valence-corrected chi connectivity index (χ3v) is 4.29. The Morgan fingerprint density at radius 1 is 1.23 bits per heavy atom. The van der Waals surface area contributed by atoms with E-state index in [2.05, 4.69) is 12.1 Å². The molecule has 1 amide bonds. The van der Waals surface area contributed by atoms with E-state index >= 15 is 0 Å². The van der Waals surface area contributed by atoms with Crippen molar-refractivity contribution >= 4 is 6.09 Å². The lowest BCUT2D eigenvalue weighted by molar-refractivity contribution is 0.132. The van der Waals surface area contributed by atoms with Gasteiger partial charge in [0.05, 0.1) is 21.3 Å². The third kappa shape index (κ3) is 3.84. The zero-order valence-electron chi connectivity index (χ0n) is 13.8. The van der Waals surface area contributed by atoms with E-state index in [1.54, 1.807) is 26.2 Å². The molecule has 1 aromatic carbocycles. The molecule has 0 saturated heterocycles. The Balaban J connectivity index is 2.09. The van der Waals surface area contributed by atoms with Crippen LogP contribution in [-0.4, -0.2) is 45.9 Å². The van der Waals surface area contributed by atoms with E-state index in [0.29, 0.717) is 18.4 Å². The number of hydrogen-bond acceptors (Lipinski definition) is 4. The molecule has 1 aromatic rings. The highest BCUT2D eigenvalue weighted by Gasteiger charge is 2.33. The van der Waals surface area contributed by atoms with E-state index in [0.717, 1.165) is 17.9 Å². The number of hydrogen-bond donors (Lipinski definition) is 0. The van der Waals surface area contributed by atoms with Crippen LogP contribution >= 0.6 is 0 Å². The van der Waals surface area contributed by atoms with Gasteiger partial charge in [-0.2, -0.15) is 0 Å². The molecule has 1 aliphatic rings. The van der Waals surface area contributed by atoms with Crippen molar-refractivity contribution in [1.29, 1.82) is 0 Å². The van der Waals surface area contributed by atoms with Crippen LogP contribution in [0.5, 0.6) is 11.5 Å². The number of carbonyl (C=O) groups is 1. The van der Waals surface area contributed by atoms with Gasteiger partial charge in [0, 0.05) is 13.6 Å². The molecule has 2 rings (SSSR count). The lowest BCUT2D eigenvalue weighted by Gasteiger charge is -2.22. The fourth-order valence-electron chi connectivity index (χ4n) is 2.84. The standard InChI is InChI=1S/C17H25NO4/c1-18(17(19)22-4)10-9-14(12-5-6-12)13-7-8-15(20-2)16(11-13)21-3/h7-8,11-12,14H,5-6,9-10H2,1-4H3. The average molecular weight is 307 g/mol. The molecule has 5 heteroatoms. The first-order valence-electron chi connectivity index (χ1n) is 7.61. The van der Waals surface area contributed by atoms with Crippen LogP contribution in [0.25, 0.3) is 0 Å². The maximum Gasteiger partial charge on any atom is 0.409 e. The van der Waals surface area contributed by atoms with Crippen LogP contribution < -0.4 is 9.47 Å². The third-order valence-electron chi connectivity index (χ3n) is 4.29. The zero-order chi connectivity index (χ0) is 16.1. The monoisotopic (exact) mass is 307 g/mol. The van der Waals surface area contributed by atoms with Crippen LogP contribution in [0.1, 0.15) is 30.7 Å². The molecule has 0 aliphatic heterocycles. The number of benzene rings is 1. The summed E-state index contributed by atoms with van der Waals surface area (Å²) in [7, 11) is 6.47. The van der Waals surface area contributed by atoms with Crippen molar-refractivity contribution in [2.75, 3.05) is 34.9 Å². The summed E-state index contributed by atoms with van der Waals surface area (Å²) in [5.74, 6) is 2.63. The Labute approximate surface area is 132 Å². The van der Waals surface area contributed by atoms with Crippen LogP contribution in [0.15, 0.2) is 18.2 Å². The normalized spacial score (nSPS) is 15.1. The molecule has 122 valence electrons. The zero-order valence-corrected chi connectivity index (χ0v) is 13.8. The summed E-state index contributed by atoms with van der Waals surface area (Å²) in [5, 5.41) is 0. The molecular weight excluding hydrogens is 282 g/mol. The molecule has 22 heavy (non-hydrogen) atoms. The highest BCUT2D eigenvalue weighted by atomic mass is 16.5. The van der Waals surface area contributed by atoms with E-state index in [4.69, 9.17) is 14.2 Å². The van der Waals surface area contributed by atoms with Crippen LogP contribution in [0.3, 0.4) is 0 Å².